The van der Waals surface area contributed by atoms with Gasteiger partial charge in [0.1, 0.15) is 11.5 Å². The number of ether oxygens (including phenoxy) is 1. The van der Waals surface area contributed by atoms with Crippen LogP contribution in [0.3, 0.4) is 0 Å². The van der Waals surface area contributed by atoms with Crippen molar-refractivity contribution in [1.29, 1.82) is 0 Å². The van der Waals surface area contributed by atoms with Crippen molar-refractivity contribution in [2.45, 2.75) is 12.3 Å². The Balaban J connectivity index is 1.24. The molecule has 0 radical (unpaired) electrons. The second-order valence-electron chi connectivity index (χ2n) is 6.67. The highest BCUT2D eigenvalue weighted by Gasteiger charge is 2.14. The van der Waals surface area contributed by atoms with Crippen LogP contribution in [-0.4, -0.2) is 28.9 Å². The third-order valence-corrected chi connectivity index (χ3v) is 5.41. The summed E-state index contributed by atoms with van der Waals surface area (Å²) in [6.45, 7) is 0.481. The molecule has 4 aromatic rings. The number of thioether (sulfide) groups is 1. The van der Waals surface area contributed by atoms with Crippen LogP contribution < -0.4 is 10.1 Å². The fraction of sp³-hybridized carbons (Fsp3) is 0.174. The molecule has 1 N–H and O–H groups in total. The average molecular weight is 436 g/mol. The van der Waals surface area contributed by atoms with Crippen LogP contribution in [-0.2, 0) is 17.1 Å². The molecular formula is C23H21N3O4S. The number of methoxy groups -OCH3 is 1. The maximum Gasteiger partial charge on any atom is 0.293 e. The molecule has 0 aliphatic heterocycles. The van der Waals surface area contributed by atoms with E-state index in [9.17, 15) is 4.79 Å². The van der Waals surface area contributed by atoms with Gasteiger partial charge in [0, 0.05) is 12.1 Å². The maximum atomic E-state index is 12.1. The Hall–Kier alpha value is -3.52. The molecule has 4 rings (SSSR count). The van der Waals surface area contributed by atoms with Crippen molar-refractivity contribution < 1.29 is 18.5 Å². The summed E-state index contributed by atoms with van der Waals surface area (Å²) in [5, 5.41) is 6.91. The van der Waals surface area contributed by atoms with E-state index < -0.39 is 0 Å². The fourth-order valence-electron chi connectivity index (χ4n) is 2.84. The van der Waals surface area contributed by atoms with Gasteiger partial charge in [0.2, 0.25) is 11.7 Å². The van der Waals surface area contributed by atoms with E-state index in [-0.39, 0.29) is 5.91 Å². The zero-order valence-corrected chi connectivity index (χ0v) is 17.7. The van der Waals surface area contributed by atoms with Gasteiger partial charge in [0.05, 0.1) is 18.6 Å². The molecule has 0 bridgehead atoms. The molecule has 7 nitrogen and oxygen atoms in total. The van der Waals surface area contributed by atoms with Gasteiger partial charge in [-0.25, -0.2) is 0 Å². The molecule has 158 valence electrons. The molecule has 0 atom stereocenters. The summed E-state index contributed by atoms with van der Waals surface area (Å²) in [4.78, 5) is 16.5. The number of rotatable bonds is 9. The minimum Gasteiger partial charge on any atom is -0.497 e. The van der Waals surface area contributed by atoms with Gasteiger partial charge in [-0.2, -0.15) is 4.98 Å². The van der Waals surface area contributed by atoms with Crippen LogP contribution >= 0.6 is 11.8 Å². The number of benzene rings is 2. The molecule has 0 spiro atoms. The van der Waals surface area contributed by atoms with Crippen molar-refractivity contribution in [3.63, 3.8) is 0 Å². The maximum absolute atomic E-state index is 12.1. The van der Waals surface area contributed by atoms with Gasteiger partial charge in [-0.3, -0.25) is 4.79 Å². The molecule has 8 heteroatoms. The number of aromatic nitrogens is 2. The summed E-state index contributed by atoms with van der Waals surface area (Å²) in [6.07, 6.45) is 0. The molecule has 2 aromatic carbocycles. The Labute approximate surface area is 183 Å². The van der Waals surface area contributed by atoms with E-state index in [4.69, 9.17) is 13.7 Å². The summed E-state index contributed by atoms with van der Waals surface area (Å²) in [6, 6.07) is 20.8. The predicted molar refractivity (Wildman–Crippen MR) is 118 cm³/mol. The van der Waals surface area contributed by atoms with Gasteiger partial charge in [-0.15, -0.1) is 11.8 Å². The van der Waals surface area contributed by atoms with Crippen molar-refractivity contribution in [3.05, 3.63) is 78.1 Å². The fourth-order valence-corrected chi connectivity index (χ4v) is 3.58. The van der Waals surface area contributed by atoms with Crippen LogP contribution in [0.2, 0.25) is 0 Å². The Morgan fingerprint density at radius 3 is 2.65 bits per heavy atom. The first-order valence-electron chi connectivity index (χ1n) is 9.67. The van der Waals surface area contributed by atoms with Crippen molar-refractivity contribution in [3.8, 4) is 28.8 Å². The first kappa shape index (κ1) is 20.7. The zero-order valence-electron chi connectivity index (χ0n) is 16.9. The predicted octanol–water partition coefficient (Wildman–Crippen LogP) is 4.55. The van der Waals surface area contributed by atoms with Gasteiger partial charge in [-0.05, 0) is 29.8 Å². The highest BCUT2D eigenvalue weighted by molar-refractivity contribution is 7.99. The molecule has 1 amide bonds. The van der Waals surface area contributed by atoms with Gasteiger partial charge in [0.15, 0.2) is 5.76 Å². The first-order valence-corrected chi connectivity index (χ1v) is 10.8. The lowest BCUT2D eigenvalue weighted by molar-refractivity contribution is -0.118. The lowest BCUT2D eigenvalue weighted by Gasteiger charge is -2.06. The third-order valence-electron chi connectivity index (χ3n) is 4.46. The van der Waals surface area contributed by atoms with Gasteiger partial charge < -0.3 is 19.0 Å². The van der Waals surface area contributed by atoms with Gasteiger partial charge >= 0.3 is 0 Å². The molecular weight excluding hydrogens is 414 g/mol. The lowest BCUT2D eigenvalue weighted by Crippen LogP contribution is -2.24. The number of nitrogens with one attached hydrogen (secondary N) is 1. The number of hydrogen-bond acceptors (Lipinski definition) is 7. The van der Waals surface area contributed by atoms with Crippen molar-refractivity contribution in [2.24, 2.45) is 0 Å². The SMILES string of the molecule is COc1ccc(CNC(=O)CSCc2ccc(-c3nc(-c4ccccc4)no3)o2)cc1. The average Bonchev–Trinajstić information content (AvgIpc) is 3.48. The van der Waals surface area contributed by atoms with Gasteiger partial charge in [0.25, 0.3) is 5.89 Å². The highest BCUT2D eigenvalue weighted by Crippen LogP contribution is 2.25. The molecule has 0 saturated carbocycles. The standard InChI is InChI=1S/C23H21N3O4S/c1-28-18-9-7-16(8-10-18)13-24-21(27)15-31-14-19-11-12-20(29-19)23-25-22(26-30-23)17-5-3-2-4-6-17/h2-12H,13-15H2,1H3,(H,24,27). The third kappa shape index (κ3) is 5.55. The van der Waals surface area contributed by atoms with Crippen LogP contribution in [0.1, 0.15) is 11.3 Å². The molecule has 31 heavy (non-hydrogen) atoms. The van der Waals surface area contributed by atoms with E-state index in [1.807, 2.05) is 60.7 Å². The molecule has 0 saturated heterocycles. The lowest BCUT2D eigenvalue weighted by atomic mass is 10.2. The molecule has 0 aliphatic rings. The minimum atomic E-state index is -0.0306. The molecule has 0 fully saturated rings. The Bertz CT molecular complexity index is 1120. The van der Waals surface area contributed by atoms with Crippen LogP contribution in [0.25, 0.3) is 23.0 Å². The van der Waals surface area contributed by atoms with Crippen LogP contribution in [0.15, 0.2) is 75.7 Å². The van der Waals surface area contributed by atoms with Crippen molar-refractivity contribution in [1.82, 2.24) is 15.5 Å². The number of carbonyl (C=O) groups excluding carboxylic acids is 1. The summed E-state index contributed by atoms with van der Waals surface area (Å²) < 4.78 is 16.2. The summed E-state index contributed by atoms with van der Waals surface area (Å²) in [5.41, 5.74) is 1.89. The number of hydrogen-bond donors (Lipinski definition) is 1. The van der Waals surface area contributed by atoms with E-state index in [0.717, 1.165) is 22.6 Å². The Morgan fingerprint density at radius 1 is 1.06 bits per heavy atom. The van der Waals surface area contributed by atoms with Gasteiger partial charge in [-0.1, -0.05) is 47.6 Å². The van der Waals surface area contributed by atoms with E-state index in [0.29, 0.717) is 35.5 Å². The molecule has 2 heterocycles. The second-order valence-corrected chi connectivity index (χ2v) is 7.66. The Morgan fingerprint density at radius 2 is 1.87 bits per heavy atom. The smallest absolute Gasteiger partial charge is 0.293 e. The number of amides is 1. The normalized spacial score (nSPS) is 10.7. The zero-order chi connectivity index (χ0) is 21.5. The number of nitrogens with zero attached hydrogens (tertiary/aromatic N) is 2. The number of furan rings is 1. The molecule has 0 unspecified atom stereocenters. The van der Waals surface area contributed by atoms with E-state index >= 15 is 0 Å². The minimum absolute atomic E-state index is 0.0306. The second kappa shape index (κ2) is 9.99. The van der Waals surface area contributed by atoms with Crippen LogP contribution in [0.5, 0.6) is 5.75 Å². The van der Waals surface area contributed by atoms with E-state index in [2.05, 4.69) is 15.5 Å². The van der Waals surface area contributed by atoms with E-state index in [1.54, 1.807) is 13.2 Å². The first-order chi connectivity index (χ1) is 15.2. The summed E-state index contributed by atoms with van der Waals surface area (Å²) >= 11 is 1.47. The quantitative estimate of drug-likeness (QED) is 0.412. The van der Waals surface area contributed by atoms with Crippen LogP contribution in [0.4, 0.5) is 0 Å². The highest BCUT2D eigenvalue weighted by atomic mass is 32.2. The van der Waals surface area contributed by atoms with Crippen LogP contribution in [0, 0.1) is 0 Å². The summed E-state index contributed by atoms with van der Waals surface area (Å²) in [5.74, 6) is 3.75. The van der Waals surface area contributed by atoms with Crippen molar-refractivity contribution in [2.75, 3.05) is 12.9 Å². The molecule has 2 aromatic heterocycles. The monoisotopic (exact) mass is 435 g/mol. The summed E-state index contributed by atoms with van der Waals surface area (Å²) in [7, 11) is 1.62. The largest absolute Gasteiger partial charge is 0.497 e. The number of carbonyl (C=O) groups is 1. The molecule has 0 aliphatic carbocycles. The van der Waals surface area contributed by atoms with Crippen molar-refractivity contribution >= 4 is 17.7 Å². The Kier molecular flexibility index (Phi) is 6.68. The van der Waals surface area contributed by atoms with E-state index in [1.165, 1.54) is 11.8 Å². The topological polar surface area (TPSA) is 90.4 Å².